The number of urea groups is 1. The molecule has 260 valence electrons. The SMILES string of the molecule is COc1cc2nccc(Sc3ncc(NC(=O)Nc4cccc(Cl)c4)s3)c2cc1OC.COc1cc2nccc(Sc3nccs3)c2cc1OC. The number of carbonyl (C=O) groups excluding carboxylic acids is 1. The minimum absolute atomic E-state index is 0.367. The molecule has 11 nitrogen and oxygen atoms in total. The molecular formula is C35H29ClN6O5S4. The van der Waals surface area contributed by atoms with Crippen LogP contribution in [0.25, 0.3) is 21.8 Å². The van der Waals surface area contributed by atoms with Gasteiger partial charge in [0, 0.05) is 67.4 Å². The molecule has 0 aliphatic heterocycles. The van der Waals surface area contributed by atoms with Crippen LogP contribution in [0.3, 0.4) is 0 Å². The summed E-state index contributed by atoms with van der Waals surface area (Å²) in [6.07, 6.45) is 6.96. The van der Waals surface area contributed by atoms with E-state index in [1.165, 1.54) is 23.1 Å². The highest BCUT2D eigenvalue weighted by molar-refractivity contribution is 8.01. The molecule has 7 rings (SSSR count). The Bertz CT molecular complexity index is 2290. The lowest BCUT2D eigenvalue weighted by Gasteiger charge is -2.10. The van der Waals surface area contributed by atoms with E-state index in [-0.39, 0.29) is 6.03 Å². The lowest BCUT2D eigenvalue weighted by molar-refractivity contribution is 0.262. The third-order valence-electron chi connectivity index (χ3n) is 7.02. The zero-order chi connectivity index (χ0) is 35.7. The zero-order valence-electron chi connectivity index (χ0n) is 27.5. The molecule has 0 atom stereocenters. The molecule has 4 heterocycles. The normalized spacial score (nSPS) is 10.7. The molecule has 0 spiro atoms. The summed E-state index contributed by atoms with van der Waals surface area (Å²) in [5, 5.41) is 10.6. The number of thiazole rings is 2. The largest absolute Gasteiger partial charge is 0.493 e. The van der Waals surface area contributed by atoms with Crippen LogP contribution >= 0.6 is 57.8 Å². The lowest BCUT2D eigenvalue weighted by Crippen LogP contribution is -2.18. The summed E-state index contributed by atoms with van der Waals surface area (Å²) in [5.74, 6) is 2.64. The number of benzene rings is 3. The predicted molar refractivity (Wildman–Crippen MR) is 206 cm³/mol. The molecule has 0 aliphatic rings. The summed E-state index contributed by atoms with van der Waals surface area (Å²) < 4.78 is 23.2. The van der Waals surface area contributed by atoms with E-state index in [1.54, 1.807) is 101 Å². The van der Waals surface area contributed by atoms with Gasteiger partial charge in [-0.2, -0.15) is 0 Å². The fourth-order valence-electron chi connectivity index (χ4n) is 4.73. The Kier molecular flexibility index (Phi) is 12.0. The van der Waals surface area contributed by atoms with Crippen LogP contribution in [-0.4, -0.2) is 54.4 Å². The first-order chi connectivity index (χ1) is 24.9. The van der Waals surface area contributed by atoms with Crippen molar-refractivity contribution in [3.8, 4) is 23.0 Å². The van der Waals surface area contributed by atoms with E-state index in [1.807, 2.05) is 41.8 Å². The van der Waals surface area contributed by atoms with Crippen molar-refractivity contribution in [2.75, 3.05) is 39.1 Å². The number of halogens is 1. The van der Waals surface area contributed by atoms with Crippen LogP contribution in [0.4, 0.5) is 15.5 Å². The molecular weight excluding hydrogens is 748 g/mol. The van der Waals surface area contributed by atoms with Gasteiger partial charge in [-0.05, 0) is 42.5 Å². The van der Waals surface area contributed by atoms with Gasteiger partial charge in [-0.1, -0.05) is 52.5 Å². The highest BCUT2D eigenvalue weighted by Gasteiger charge is 2.14. The fourth-order valence-corrected chi connectivity index (χ4v) is 8.55. The molecule has 2 amide bonds. The summed E-state index contributed by atoms with van der Waals surface area (Å²) in [5.41, 5.74) is 2.28. The fraction of sp³-hybridized carbons (Fsp3) is 0.114. The average Bonchev–Trinajstić information content (AvgIpc) is 3.83. The van der Waals surface area contributed by atoms with Gasteiger partial charge in [0.25, 0.3) is 0 Å². The van der Waals surface area contributed by atoms with Gasteiger partial charge in [0.15, 0.2) is 31.7 Å². The monoisotopic (exact) mass is 776 g/mol. The quantitative estimate of drug-likeness (QED) is 0.138. The van der Waals surface area contributed by atoms with E-state index in [0.29, 0.717) is 38.7 Å². The Labute approximate surface area is 314 Å². The summed E-state index contributed by atoms with van der Waals surface area (Å²) in [4.78, 5) is 31.8. The second-order valence-electron chi connectivity index (χ2n) is 10.1. The van der Waals surface area contributed by atoms with Crippen LogP contribution in [0.2, 0.25) is 5.02 Å². The van der Waals surface area contributed by atoms with Gasteiger partial charge in [-0.25, -0.2) is 14.8 Å². The highest BCUT2D eigenvalue weighted by atomic mass is 35.5. The number of rotatable bonds is 10. The Hall–Kier alpha value is -4.80. The minimum atomic E-state index is -0.367. The van der Waals surface area contributed by atoms with Crippen LogP contribution in [0.15, 0.2) is 109 Å². The van der Waals surface area contributed by atoms with E-state index < -0.39 is 0 Å². The maximum Gasteiger partial charge on any atom is 0.324 e. The summed E-state index contributed by atoms with van der Waals surface area (Å²) in [6.45, 7) is 0. The van der Waals surface area contributed by atoms with Crippen LogP contribution in [0.1, 0.15) is 0 Å². The van der Waals surface area contributed by atoms with Crippen molar-refractivity contribution in [3.05, 3.63) is 95.9 Å². The van der Waals surface area contributed by atoms with Crippen molar-refractivity contribution in [2.45, 2.75) is 18.5 Å². The minimum Gasteiger partial charge on any atom is -0.493 e. The molecule has 51 heavy (non-hydrogen) atoms. The number of amides is 2. The summed E-state index contributed by atoms with van der Waals surface area (Å²) in [7, 11) is 6.45. The second-order valence-corrected chi connectivity index (χ2v) is 15.1. The Morgan fingerprint density at radius 3 is 1.82 bits per heavy atom. The second kappa shape index (κ2) is 16.9. The molecule has 7 aromatic rings. The molecule has 0 aliphatic carbocycles. The molecule has 0 radical (unpaired) electrons. The Morgan fingerprint density at radius 2 is 1.27 bits per heavy atom. The molecule has 0 unspecified atom stereocenters. The molecule has 0 saturated heterocycles. The number of anilines is 2. The first-order valence-electron chi connectivity index (χ1n) is 14.9. The molecule has 0 saturated carbocycles. The van der Waals surface area contributed by atoms with Crippen molar-refractivity contribution >= 4 is 96.3 Å². The molecule has 2 N–H and O–H groups in total. The van der Waals surface area contributed by atoms with Crippen LogP contribution < -0.4 is 29.6 Å². The topological polar surface area (TPSA) is 130 Å². The molecule has 0 fully saturated rings. The van der Waals surface area contributed by atoms with E-state index in [2.05, 4.69) is 30.6 Å². The predicted octanol–water partition coefficient (Wildman–Crippen LogP) is 10.0. The van der Waals surface area contributed by atoms with Crippen LogP contribution in [0, 0.1) is 0 Å². The number of carbonyl (C=O) groups is 1. The van der Waals surface area contributed by atoms with Gasteiger partial charge < -0.3 is 24.3 Å². The maximum absolute atomic E-state index is 12.2. The highest BCUT2D eigenvalue weighted by Crippen LogP contribution is 2.41. The Balaban J connectivity index is 0.000000193. The van der Waals surface area contributed by atoms with E-state index in [9.17, 15) is 4.79 Å². The molecule has 4 aromatic heterocycles. The first kappa shape index (κ1) is 36.0. The number of hydrogen-bond donors (Lipinski definition) is 2. The molecule has 0 bridgehead atoms. The van der Waals surface area contributed by atoms with Crippen LogP contribution in [-0.2, 0) is 0 Å². The van der Waals surface area contributed by atoms with Crippen molar-refractivity contribution in [1.29, 1.82) is 0 Å². The third-order valence-corrected chi connectivity index (χ3v) is 11.3. The van der Waals surface area contributed by atoms with Gasteiger partial charge >= 0.3 is 6.03 Å². The summed E-state index contributed by atoms with van der Waals surface area (Å²) in [6, 6.07) is 18.1. The third kappa shape index (κ3) is 8.93. The van der Waals surface area contributed by atoms with Crippen molar-refractivity contribution < 1.29 is 23.7 Å². The van der Waals surface area contributed by atoms with Gasteiger partial charge in [0.2, 0.25) is 0 Å². The molecule has 16 heteroatoms. The first-order valence-corrected chi connectivity index (χ1v) is 18.6. The zero-order valence-corrected chi connectivity index (χ0v) is 31.5. The van der Waals surface area contributed by atoms with E-state index in [0.717, 1.165) is 40.3 Å². The number of nitrogens with one attached hydrogen (secondary N) is 2. The van der Waals surface area contributed by atoms with Crippen LogP contribution in [0.5, 0.6) is 23.0 Å². The number of aromatic nitrogens is 4. The number of fused-ring (bicyclic) bond motifs is 2. The van der Waals surface area contributed by atoms with Gasteiger partial charge in [-0.15, -0.1) is 11.3 Å². The summed E-state index contributed by atoms with van der Waals surface area (Å²) >= 11 is 12.1. The van der Waals surface area contributed by atoms with E-state index >= 15 is 0 Å². The number of pyridine rings is 2. The number of nitrogens with zero attached hydrogens (tertiary/aromatic N) is 4. The lowest BCUT2D eigenvalue weighted by atomic mass is 10.2. The van der Waals surface area contributed by atoms with Gasteiger partial charge in [0.1, 0.15) is 5.00 Å². The van der Waals surface area contributed by atoms with Gasteiger partial charge in [0.05, 0.1) is 45.7 Å². The number of methoxy groups -OCH3 is 4. The van der Waals surface area contributed by atoms with Crippen molar-refractivity contribution in [3.63, 3.8) is 0 Å². The van der Waals surface area contributed by atoms with E-state index in [4.69, 9.17) is 30.5 Å². The number of hydrogen-bond acceptors (Lipinski definition) is 13. The standard InChI is InChI=1S/C21H17ClN4O3S2.C14H12N2O2S2/c1-28-16-9-14-15(10-17(16)29-2)23-7-6-18(14)30-21-24-11-19(31-21)26-20(27)25-13-5-3-4-12(22)8-13;1-17-11-7-9-10(8-12(11)18-2)15-4-3-13(9)20-14-16-5-6-19-14/h3-11H,1-2H3,(H2,25,26,27);3-8H,1-2H3. The van der Waals surface area contributed by atoms with Crippen molar-refractivity contribution in [2.24, 2.45) is 0 Å². The smallest absolute Gasteiger partial charge is 0.324 e. The molecule has 3 aromatic carbocycles. The maximum atomic E-state index is 12.2. The number of ether oxygens (including phenoxy) is 4. The average molecular weight is 777 g/mol. The van der Waals surface area contributed by atoms with Gasteiger partial charge in [-0.3, -0.25) is 15.3 Å². The van der Waals surface area contributed by atoms with Crippen molar-refractivity contribution in [1.82, 2.24) is 19.9 Å². The Morgan fingerprint density at radius 1 is 0.686 bits per heavy atom.